The number of aliphatic imine (C=N–C) groups is 2. The van der Waals surface area contributed by atoms with Gasteiger partial charge in [0.05, 0.1) is 13.1 Å². The molecular formula is C43H48N10O6. The number of benzene rings is 4. The molecule has 8 amide bonds. The van der Waals surface area contributed by atoms with E-state index < -0.39 is 10.8 Å². The van der Waals surface area contributed by atoms with Gasteiger partial charge in [-0.25, -0.2) is 38.8 Å². The minimum absolute atomic E-state index is 0.225. The third-order valence-corrected chi connectivity index (χ3v) is 9.38. The van der Waals surface area contributed by atoms with Crippen LogP contribution in [0.4, 0.5) is 41.9 Å². The Kier molecular flexibility index (Phi) is 14.3. The quantitative estimate of drug-likeness (QED) is 0.0393. The molecule has 0 radical (unpaired) electrons. The summed E-state index contributed by atoms with van der Waals surface area (Å²) in [7, 11) is 0. The van der Waals surface area contributed by atoms with E-state index in [1.165, 1.54) is 12.2 Å². The molecule has 0 aliphatic heterocycles. The number of nitrogens with zero attached hydrogens (tertiary/aromatic N) is 2. The summed E-state index contributed by atoms with van der Waals surface area (Å²) in [5, 5.41) is 22.8. The lowest BCUT2D eigenvalue weighted by Crippen LogP contribution is -2.44. The fraction of sp³-hybridized carbons (Fsp3) is 0.302. The molecule has 0 saturated heterocycles. The maximum absolute atomic E-state index is 12.9. The normalized spacial score (nSPS) is 11.3. The highest BCUT2D eigenvalue weighted by molar-refractivity contribution is 5.93. The number of hydrogen-bond acceptors (Lipinski definition) is 8. The zero-order valence-electron chi connectivity index (χ0n) is 33.4. The average Bonchev–Trinajstić information content (AvgIpc) is 3.57. The van der Waals surface area contributed by atoms with Gasteiger partial charge < -0.3 is 42.5 Å². The van der Waals surface area contributed by atoms with Gasteiger partial charge in [-0.1, -0.05) is 64.1 Å². The molecule has 1 aliphatic carbocycles. The van der Waals surface area contributed by atoms with Crippen LogP contribution in [0.2, 0.25) is 0 Å². The van der Waals surface area contributed by atoms with Crippen molar-refractivity contribution in [2.45, 2.75) is 47.2 Å². The van der Waals surface area contributed by atoms with Gasteiger partial charge in [-0.15, -0.1) is 0 Å². The van der Waals surface area contributed by atoms with E-state index in [2.05, 4.69) is 52.5 Å². The van der Waals surface area contributed by atoms with Gasteiger partial charge in [-0.05, 0) is 99.2 Å². The fourth-order valence-electron chi connectivity index (χ4n) is 6.10. The van der Waals surface area contributed by atoms with E-state index in [4.69, 9.17) is 0 Å². The highest BCUT2D eigenvalue weighted by Crippen LogP contribution is 2.39. The molecule has 59 heavy (non-hydrogen) atoms. The van der Waals surface area contributed by atoms with Crippen molar-refractivity contribution in [2.75, 3.05) is 47.4 Å². The molecule has 0 unspecified atom stereocenters. The van der Waals surface area contributed by atoms with Gasteiger partial charge in [-0.2, -0.15) is 0 Å². The van der Waals surface area contributed by atoms with E-state index in [9.17, 15) is 28.8 Å². The number of urea groups is 4. The molecule has 306 valence electrons. The minimum Gasteiger partial charge on any atom is -0.337 e. The number of amides is 8. The molecule has 0 saturated carbocycles. The van der Waals surface area contributed by atoms with Gasteiger partial charge in [0.15, 0.2) is 0 Å². The van der Waals surface area contributed by atoms with Gasteiger partial charge >= 0.3 is 24.1 Å². The SMILES string of the molecule is CC(C)(CNC(=O)Nc1ccc(CN=C=O)cc1)CNC(=O)Nc1ccc2c(c1)Cc1cc(NC(=O)NCC(C)(C)CNC(=O)Nc3ccc(CN=C=O)cc3)ccc1-2. The van der Waals surface area contributed by atoms with E-state index in [0.29, 0.717) is 55.3 Å². The zero-order valence-corrected chi connectivity index (χ0v) is 33.4. The first-order valence-electron chi connectivity index (χ1n) is 18.9. The van der Waals surface area contributed by atoms with Crippen LogP contribution in [0.25, 0.3) is 11.1 Å². The Morgan fingerprint density at radius 1 is 0.492 bits per heavy atom. The molecule has 8 N–H and O–H groups in total. The van der Waals surface area contributed by atoms with Crippen LogP contribution in [0.15, 0.2) is 94.9 Å². The van der Waals surface area contributed by atoms with Crippen molar-refractivity contribution in [2.24, 2.45) is 20.8 Å². The predicted molar refractivity (Wildman–Crippen MR) is 227 cm³/mol. The second-order valence-corrected chi connectivity index (χ2v) is 15.7. The van der Waals surface area contributed by atoms with Crippen LogP contribution in [0, 0.1) is 10.8 Å². The van der Waals surface area contributed by atoms with Crippen LogP contribution in [-0.4, -0.2) is 62.5 Å². The number of hydrogen-bond donors (Lipinski definition) is 8. The summed E-state index contributed by atoms with van der Waals surface area (Å²) in [5.74, 6) is 0. The Labute approximate surface area is 342 Å². The maximum Gasteiger partial charge on any atom is 0.319 e. The van der Waals surface area contributed by atoms with Crippen LogP contribution in [0.5, 0.6) is 0 Å². The number of rotatable bonds is 16. The first-order valence-corrected chi connectivity index (χ1v) is 18.9. The summed E-state index contributed by atoms with van der Waals surface area (Å²) in [6, 6.07) is 23.9. The molecule has 0 aromatic heterocycles. The van der Waals surface area contributed by atoms with Crippen molar-refractivity contribution in [1.82, 2.24) is 21.3 Å². The molecule has 0 spiro atoms. The van der Waals surface area contributed by atoms with Crippen molar-refractivity contribution < 1.29 is 28.8 Å². The molecular weight excluding hydrogens is 753 g/mol. The summed E-state index contributed by atoms with van der Waals surface area (Å²) in [4.78, 5) is 78.3. The number of isocyanates is 2. The third kappa shape index (κ3) is 13.4. The average molecular weight is 801 g/mol. The van der Waals surface area contributed by atoms with Gasteiger partial charge in [0.2, 0.25) is 12.2 Å². The number of anilines is 4. The molecule has 16 heteroatoms. The molecule has 0 heterocycles. The molecule has 1 aliphatic rings. The van der Waals surface area contributed by atoms with Gasteiger partial charge in [-0.3, -0.25) is 0 Å². The second kappa shape index (κ2) is 19.7. The molecule has 5 rings (SSSR count). The van der Waals surface area contributed by atoms with Gasteiger partial charge in [0, 0.05) is 48.9 Å². The number of carbonyl (C=O) groups is 4. The van der Waals surface area contributed by atoms with E-state index in [1.807, 2.05) is 64.1 Å². The summed E-state index contributed by atoms with van der Waals surface area (Å²) < 4.78 is 0. The monoisotopic (exact) mass is 800 g/mol. The Morgan fingerprint density at radius 3 is 1.12 bits per heavy atom. The fourth-order valence-corrected chi connectivity index (χ4v) is 6.10. The summed E-state index contributed by atoms with van der Waals surface area (Å²) in [6.45, 7) is 9.37. The third-order valence-electron chi connectivity index (χ3n) is 9.38. The zero-order chi connectivity index (χ0) is 42.4. The van der Waals surface area contributed by atoms with Gasteiger partial charge in [0.25, 0.3) is 0 Å². The Balaban J connectivity index is 1.02. The van der Waals surface area contributed by atoms with Crippen molar-refractivity contribution in [3.63, 3.8) is 0 Å². The lowest BCUT2D eigenvalue weighted by atomic mass is 9.93. The molecule has 16 nitrogen and oxygen atoms in total. The van der Waals surface area contributed by atoms with Crippen molar-refractivity contribution in [3.05, 3.63) is 107 Å². The Hall–Kier alpha value is -7.28. The van der Waals surface area contributed by atoms with Crippen LogP contribution in [-0.2, 0) is 29.1 Å². The molecule has 4 aromatic rings. The first-order chi connectivity index (χ1) is 28.2. The number of fused-ring (bicyclic) bond motifs is 3. The number of carbonyl (C=O) groups excluding carboxylic acids is 6. The number of nitrogens with one attached hydrogen (secondary N) is 8. The smallest absolute Gasteiger partial charge is 0.319 e. The lowest BCUT2D eigenvalue weighted by molar-refractivity contribution is 0.237. The van der Waals surface area contributed by atoms with Crippen LogP contribution < -0.4 is 42.5 Å². The standard InChI is InChI=1S/C43H48N10O6/c1-42(2,22-46-38(56)50-32-9-5-28(6-10-32)20-44-26-54)24-48-40(58)52-34-13-15-36-30(18-34)17-31-19-35(14-16-37(31)36)53-41(59)49-25-43(3,4)23-47-39(57)51-33-11-7-29(8-12-33)21-45-27-55/h5-16,18-19H,17,20-25H2,1-4H3,(H2,46,50,56)(H2,47,51,57)(H2,48,52,58)(H2,49,53,59). The highest BCUT2D eigenvalue weighted by atomic mass is 16.2. The second-order valence-electron chi connectivity index (χ2n) is 15.7. The van der Waals surface area contributed by atoms with E-state index in [0.717, 1.165) is 33.4 Å². The van der Waals surface area contributed by atoms with Gasteiger partial charge in [0.1, 0.15) is 0 Å². The van der Waals surface area contributed by atoms with Crippen LogP contribution in [0.3, 0.4) is 0 Å². The topological polar surface area (TPSA) is 223 Å². The lowest BCUT2D eigenvalue weighted by Gasteiger charge is -2.25. The highest BCUT2D eigenvalue weighted by Gasteiger charge is 2.23. The Bertz CT molecular complexity index is 2100. The molecule has 4 aromatic carbocycles. The largest absolute Gasteiger partial charge is 0.337 e. The van der Waals surface area contributed by atoms with E-state index in [1.54, 1.807) is 48.5 Å². The van der Waals surface area contributed by atoms with Crippen LogP contribution in [0.1, 0.15) is 49.9 Å². The molecule has 0 fully saturated rings. The van der Waals surface area contributed by atoms with Crippen molar-refractivity contribution in [1.29, 1.82) is 0 Å². The first kappa shape index (κ1) is 42.9. The van der Waals surface area contributed by atoms with E-state index >= 15 is 0 Å². The van der Waals surface area contributed by atoms with Crippen molar-refractivity contribution in [3.8, 4) is 11.1 Å². The van der Waals surface area contributed by atoms with E-state index in [-0.39, 0.29) is 37.2 Å². The van der Waals surface area contributed by atoms with Crippen LogP contribution >= 0.6 is 0 Å². The predicted octanol–water partition coefficient (Wildman–Crippen LogP) is 6.87. The summed E-state index contributed by atoms with van der Waals surface area (Å²) in [5.41, 5.74) is 7.37. The molecule has 0 bridgehead atoms. The maximum atomic E-state index is 12.9. The minimum atomic E-state index is -0.453. The summed E-state index contributed by atoms with van der Waals surface area (Å²) in [6.07, 6.45) is 3.62. The van der Waals surface area contributed by atoms with Crippen molar-refractivity contribution >= 4 is 59.0 Å². The summed E-state index contributed by atoms with van der Waals surface area (Å²) >= 11 is 0. The molecule has 0 atom stereocenters. The Morgan fingerprint density at radius 2 is 0.797 bits per heavy atom.